The van der Waals surface area contributed by atoms with Gasteiger partial charge in [-0.2, -0.15) is 0 Å². The van der Waals surface area contributed by atoms with Gasteiger partial charge in [-0.1, -0.05) is 26.7 Å². The van der Waals surface area contributed by atoms with Crippen molar-refractivity contribution in [2.75, 3.05) is 11.1 Å². The highest BCUT2D eigenvalue weighted by atomic mass is 19.1. The number of halogens is 1. The number of anilines is 2. The number of nitrogen functional groups attached to an aromatic ring is 1. The Labute approximate surface area is 125 Å². The first-order chi connectivity index (χ1) is 9.99. The van der Waals surface area contributed by atoms with Crippen LogP contribution in [0.5, 0.6) is 0 Å². The van der Waals surface area contributed by atoms with E-state index in [2.05, 4.69) is 31.1 Å². The fraction of sp³-hybridized carbons (Fsp3) is 0.471. The molecule has 21 heavy (non-hydrogen) atoms. The molecule has 1 heterocycles. The first-order valence-electron chi connectivity index (χ1n) is 7.58. The van der Waals surface area contributed by atoms with Crippen LogP contribution in [0.1, 0.15) is 40.0 Å². The number of hydrogen-bond acceptors (Lipinski definition) is 3. The van der Waals surface area contributed by atoms with Gasteiger partial charge < -0.3 is 11.1 Å². The van der Waals surface area contributed by atoms with Gasteiger partial charge in [0.15, 0.2) is 5.82 Å². The number of fused-ring (bicyclic) bond motifs is 1. The first kappa shape index (κ1) is 15.5. The lowest BCUT2D eigenvalue weighted by Gasteiger charge is -2.18. The summed E-state index contributed by atoms with van der Waals surface area (Å²) in [5.41, 5.74) is 7.35. The maximum atomic E-state index is 14.2. The molecule has 1 unspecified atom stereocenters. The molecule has 3 nitrogen and oxygen atoms in total. The maximum Gasteiger partial charge on any atom is 0.150 e. The highest BCUT2D eigenvalue weighted by Crippen LogP contribution is 2.30. The van der Waals surface area contributed by atoms with E-state index in [4.69, 9.17) is 5.73 Å². The Hall–Kier alpha value is -1.84. The Morgan fingerprint density at radius 2 is 2.05 bits per heavy atom. The molecule has 0 aliphatic heterocycles. The van der Waals surface area contributed by atoms with Crippen LogP contribution in [-0.4, -0.2) is 11.0 Å². The van der Waals surface area contributed by atoms with Crippen molar-refractivity contribution in [2.45, 2.75) is 46.1 Å². The van der Waals surface area contributed by atoms with Gasteiger partial charge >= 0.3 is 0 Å². The second kappa shape index (κ2) is 6.74. The lowest BCUT2D eigenvalue weighted by molar-refractivity contribution is 0.519. The van der Waals surface area contributed by atoms with E-state index in [1.54, 1.807) is 6.20 Å². The van der Waals surface area contributed by atoms with Crippen molar-refractivity contribution in [1.82, 2.24) is 4.98 Å². The molecule has 2 rings (SSSR count). The van der Waals surface area contributed by atoms with Gasteiger partial charge in [0.1, 0.15) is 0 Å². The zero-order valence-corrected chi connectivity index (χ0v) is 13.0. The van der Waals surface area contributed by atoms with Gasteiger partial charge in [0, 0.05) is 23.3 Å². The number of benzene rings is 1. The predicted octanol–water partition coefficient (Wildman–Crippen LogP) is 4.58. The smallest absolute Gasteiger partial charge is 0.150 e. The molecule has 0 aliphatic rings. The average molecular weight is 289 g/mol. The minimum absolute atomic E-state index is 0.201. The van der Waals surface area contributed by atoms with Crippen LogP contribution in [0.3, 0.4) is 0 Å². The average Bonchev–Trinajstić information content (AvgIpc) is 2.43. The molecule has 0 amide bonds. The molecular weight excluding hydrogens is 265 g/mol. The normalized spacial score (nSPS) is 12.8. The molecule has 0 saturated carbocycles. The Morgan fingerprint density at radius 3 is 2.76 bits per heavy atom. The standard InChI is InChI=1S/C17H24FN3/c1-11(2)6-4-7-12(3)21-17-14(18)10-15(19)13-8-5-9-20-16(13)17/h5,8-12,21H,4,6-7,19H2,1-3H3. The minimum atomic E-state index is -0.339. The second-order valence-electron chi connectivity index (χ2n) is 6.09. The second-order valence-corrected chi connectivity index (χ2v) is 6.09. The highest BCUT2D eigenvalue weighted by Gasteiger charge is 2.14. The number of nitrogens with one attached hydrogen (secondary N) is 1. The molecule has 2 aromatic rings. The molecule has 0 spiro atoms. The minimum Gasteiger partial charge on any atom is -0.398 e. The first-order valence-corrected chi connectivity index (χ1v) is 7.58. The summed E-state index contributed by atoms with van der Waals surface area (Å²) in [6.45, 7) is 6.51. The molecule has 0 saturated heterocycles. The Kier molecular flexibility index (Phi) is 4.99. The third kappa shape index (κ3) is 3.84. The molecule has 1 atom stereocenters. The summed E-state index contributed by atoms with van der Waals surface area (Å²) in [4.78, 5) is 4.28. The van der Waals surface area contributed by atoms with Crippen LogP contribution in [0.25, 0.3) is 10.9 Å². The summed E-state index contributed by atoms with van der Waals surface area (Å²) in [7, 11) is 0. The molecule has 0 bridgehead atoms. The number of hydrogen-bond donors (Lipinski definition) is 2. The lowest BCUT2D eigenvalue weighted by atomic mass is 10.0. The van der Waals surface area contributed by atoms with Gasteiger partial charge in [0.05, 0.1) is 11.2 Å². The van der Waals surface area contributed by atoms with Gasteiger partial charge in [-0.3, -0.25) is 4.98 Å². The number of aromatic nitrogens is 1. The van der Waals surface area contributed by atoms with Crippen LogP contribution in [0, 0.1) is 11.7 Å². The van der Waals surface area contributed by atoms with E-state index in [1.807, 2.05) is 12.1 Å². The van der Waals surface area contributed by atoms with Gasteiger partial charge in [-0.15, -0.1) is 0 Å². The Balaban J connectivity index is 2.18. The molecule has 0 radical (unpaired) electrons. The highest BCUT2D eigenvalue weighted by molar-refractivity contribution is 5.98. The summed E-state index contributed by atoms with van der Waals surface area (Å²) in [5, 5.41) is 4.05. The summed E-state index contributed by atoms with van der Waals surface area (Å²) in [6.07, 6.45) is 5.00. The van der Waals surface area contributed by atoms with Gasteiger partial charge in [-0.05, 0) is 37.5 Å². The number of rotatable bonds is 6. The van der Waals surface area contributed by atoms with Gasteiger partial charge in [-0.25, -0.2) is 4.39 Å². The van der Waals surface area contributed by atoms with Crippen molar-refractivity contribution < 1.29 is 4.39 Å². The molecular formula is C17H24FN3. The van der Waals surface area contributed by atoms with Crippen molar-refractivity contribution in [3.05, 3.63) is 30.2 Å². The quantitative estimate of drug-likeness (QED) is 0.765. The van der Waals surface area contributed by atoms with Crippen LogP contribution in [0.4, 0.5) is 15.8 Å². The predicted molar refractivity (Wildman–Crippen MR) is 87.9 cm³/mol. The van der Waals surface area contributed by atoms with Crippen LogP contribution >= 0.6 is 0 Å². The van der Waals surface area contributed by atoms with Gasteiger partial charge in [0.2, 0.25) is 0 Å². The molecule has 0 fully saturated rings. The summed E-state index contributed by atoms with van der Waals surface area (Å²) >= 11 is 0. The number of nitrogens with zero attached hydrogens (tertiary/aromatic N) is 1. The van der Waals surface area contributed by atoms with E-state index < -0.39 is 0 Å². The van der Waals surface area contributed by atoms with Crippen LogP contribution in [-0.2, 0) is 0 Å². The van der Waals surface area contributed by atoms with Crippen LogP contribution < -0.4 is 11.1 Å². The molecule has 1 aromatic heterocycles. The fourth-order valence-corrected chi connectivity index (χ4v) is 2.53. The molecule has 1 aromatic carbocycles. The zero-order valence-electron chi connectivity index (χ0n) is 13.0. The molecule has 4 heteroatoms. The maximum absolute atomic E-state index is 14.2. The third-order valence-corrected chi connectivity index (χ3v) is 3.69. The molecule has 0 aliphatic carbocycles. The van der Waals surface area contributed by atoms with E-state index in [0.29, 0.717) is 22.8 Å². The largest absolute Gasteiger partial charge is 0.398 e. The van der Waals surface area contributed by atoms with E-state index in [-0.39, 0.29) is 11.9 Å². The topological polar surface area (TPSA) is 50.9 Å². The molecule has 114 valence electrons. The SMILES string of the molecule is CC(C)CCCC(C)Nc1c(F)cc(N)c2cccnc12. The van der Waals surface area contributed by atoms with E-state index in [0.717, 1.165) is 18.2 Å². The Morgan fingerprint density at radius 1 is 1.29 bits per heavy atom. The third-order valence-electron chi connectivity index (χ3n) is 3.69. The van der Waals surface area contributed by atoms with Crippen molar-refractivity contribution >= 4 is 22.3 Å². The monoisotopic (exact) mass is 289 g/mol. The molecule has 3 N–H and O–H groups in total. The van der Waals surface area contributed by atoms with E-state index in [1.165, 1.54) is 12.5 Å². The zero-order chi connectivity index (χ0) is 15.4. The van der Waals surface area contributed by atoms with Crippen molar-refractivity contribution in [3.63, 3.8) is 0 Å². The van der Waals surface area contributed by atoms with Crippen LogP contribution in [0.15, 0.2) is 24.4 Å². The summed E-state index contributed by atoms with van der Waals surface area (Å²) in [6, 6.07) is 5.25. The van der Waals surface area contributed by atoms with Crippen molar-refractivity contribution in [2.24, 2.45) is 5.92 Å². The summed E-state index contributed by atoms with van der Waals surface area (Å²) in [5.74, 6) is 0.363. The van der Waals surface area contributed by atoms with Crippen molar-refractivity contribution in [1.29, 1.82) is 0 Å². The van der Waals surface area contributed by atoms with Crippen molar-refractivity contribution in [3.8, 4) is 0 Å². The number of pyridine rings is 1. The van der Waals surface area contributed by atoms with E-state index in [9.17, 15) is 4.39 Å². The lowest BCUT2D eigenvalue weighted by Crippen LogP contribution is -2.17. The fourth-order valence-electron chi connectivity index (χ4n) is 2.53. The Bertz CT molecular complexity index is 610. The number of nitrogens with two attached hydrogens (primary N) is 1. The summed E-state index contributed by atoms with van der Waals surface area (Å²) < 4.78 is 14.2. The van der Waals surface area contributed by atoms with Crippen LogP contribution in [0.2, 0.25) is 0 Å². The van der Waals surface area contributed by atoms with Gasteiger partial charge in [0.25, 0.3) is 0 Å². The van der Waals surface area contributed by atoms with E-state index >= 15 is 0 Å².